The molecule has 31 heavy (non-hydrogen) atoms. The highest BCUT2D eigenvalue weighted by molar-refractivity contribution is 5.85. The Morgan fingerprint density at radius 2 is 1.55 bits per heavy atom. The number of carbonyl (C=O) groups is 1. The number of cyclic esters (lactones) is 1. The molecular weight excluding hydrogens is 418 g/mol. The fourth-order valence-electron chi connectivity index (χ4n) is 4.00. The molecule has 1 saturated heterocycles. The van der Waals surface area contributed by atoms with Crippen LogP contribution < -0.4 is 15.2 Å². The average Bonchev–Trinajstić information content (AvgIpc) is 2.80. The molecule has 4 atom stereocenters. The van der Waals surface area contributed by atoms with Crippen LogP contribution in [0.4, 0.5) is 0 Å². The van der Waals surface area contributed by atoms with Crippen molar-refractivity contribution in [1.82, 2.24) is 0 Å². The zero-order valence-electron chi connectivity index (χ0n) is 18.3. The molecule has 2 N–H and O–H groups in total. The molecular formula is C24H32ClNO5. The van der Waals surface area contributed by atoms with Gasteiger partial charge in [-0.3, -0.25) is 4.79 Å². The van der Waals surface area contributed by atoms with Crippen LogP contribution in [-0.4, -0.2) is 45.5 Å². The lowest BCUT2D eigenvalue weighted by atomic mass is 9.80. The number of methoxy groups -OCH3 is 2. The highest BCUT2D eigenvalue weighted by Crippen LogP contribution is 2.30. The van der Waals surface area contributed by atoms with Gasteiger partial charge in [-0.05, 0) is 61.1 Å². The quantitative estimate of drug-likeness (QED) is 0.680. The summed E-state index contributed by atoms with van der Waals surface area (Å²) in [6.07, 6.45) is 1.22. The molecule has 0 radical (unpaired) electrons. The van der Waals surface area contributed by atoms with Crippen LogP contribution in [0, 0.1) is 11.8 Å². The molecule has 0 aromatic heterocycles. The van der Waals surface area contributed by atoms with Crippen LogP contribution in [0.3, 0.4) is 0 Å². The van der Waals surface area contributed by atoms with Gasteiger partial charge >= 0.3 is 5.97 Å². The van der Waals surface area contributed by atoms with Crippen molar-refractivity contribution in [2.24, 2.45) is 17.6 Å². The van der Waals surface area contributed by atoms with Crippen molar-refractivity contribution in [3.63, 3.8) is 0 Å². The molecule has 6 nitrogen and oxygen atoms in total. The van der Waals surface area contributed by atoms with Gasteiger partial charge in [-0.2, -0.15) is 0 Å². The number of rotatable bonds is 6. The Morgan fingerprint density at radius 3 is 2.13 bits per heavy atom. The van der Waals surface area contributed by atoms with Crippen LogP contribution in [0.1, 0.15) is 18.1 Å². The van der Waals surface area contributed by atoms with Gasteiger partial charge in [0.2, 0.25) is 0 Å². The van der Waals surface area contributed by atoms with Crippen LogP contribution in [0.15, 0.2) is 48.5 Å². The van der Waals surface area contributed by atoms with Crippen LogP contribution in [0.2, 0.25) is 0 Å². The van der Waals surface area contributed by atoms with E-state index < -0.39 is 12.0 Å². The van der Waals surface area contributed by atoms with Crippen molar-refractivity contribution >= 4 is 18.4 Å². The Hall–Kier alpha value is -2.28. The van der Waals surface area contributed by atoms with Gasteiger partial charge in [0, 0.05) is 5.92 Å². The van der Waals surface area contributed by atoms with Gasteiger partial charge in [-0.1, -0.05) is 24.3 Å². The lowest BCUT2D eigenvalue weighted by Crippen LogP contribution is -2.39. The molecule has 0 bridgehead atoms. The van der Waals surface area contributed by atoms with E-state index >= 15 is 0 Å². The van der Waals surface area contributed by atoms with E-state index in [2.05, 4.69) is 12.1 Å². The Labute approximate surface area is 190 Å². The van der Waals surface area contributed by atoms with Gasteiger partial charge in [0.1, 0.15) is 23.6 Å². The van der Waals surface area contributed by atoms with E-state index in [9.17, 15) is 4.79 Å². The summed E-state index contributed by atoms with van der Waals surface area (Å²) >= 11 is 0. The zero-order valence-corrected chi connectivity index (χ0v) is 19.1. The van der Waals surface area contributed by atoms with Crippen LogP contribution >= 0.6 is 12.4 Å². The number of esters is 1. The average molecular weight is 450 g/mol. The van der Waals surface area contributed by atoms with Crippen LogP contribution in [0.5, 0.6) is 11.5 Å². The first-order chi connectivity index (χ1) is 14.5. The molecule has 3 rings (SSSR count). The summed E-state index contributed by atoms with van der Waals surface area (Å²) in [7, 11) is 3.32. The summed E-state index contributed by atoms with van der Waals surface area (Å²) in [6, 6.07) is 15.3. The Kier molecular flexibility index (Phi) is 9.62. The standard InChI is InChI=1S/C24H31NO5.ClH/c1-16-22(13-18-7-5-9-21(12-18)28-3)19(14-29-15-23(25)24(26)30-16)10-17-6-4-8-20(11-17)27-2;/h4-9,11-12,16,19,22-23H,10,13-15,25H2,1-3H3;1H/t16-,19-,22-,23-;/m0./s1. The van der Waals surface area contributed by atoms with E-state index in [1.54, 1.807) is 14.2 Å². The highest BCUT2D eigenvalue weighted by Gasteiger charge is 2.33. The summed E-state index contributed by atoms with van der Waals surface area (Å²) in [4.78, 5) is 12.3. The topological polar surface area (TPSA) is 80.0 Å². The molecule has 0 spiro atoms. The molecule has 1 fully saturated rings. The summed E-state index contributed by atoms with van der Waals surface area (Å²) in [5.74, 6) is 1.40. The molecule has 0 amide bonds. The molecule has 7 heteroatoms. The SMILES string of the molecule is COc1cccc(C[C@H]2COC[C@H](N)C(=O)O[C@@H](C)[C@@H]2Cc2cccc(OC)c2)c1.Cl. The maximum absolute atomic E-state index is 12.3. The third kappa shape index (κ3) is 6.86. The minimum absolute atomic E-state index is 0. The molecule has 1 aliphatic rings. The first-order valence-electron chi connectivity index (χ1n) is 10.3. The maximum atomic E-state index is 12.3. The molecule has 1 aliphatic heterocycles. The van der Waals surface area contributed by atoms with Gasteiger partial charge in [0.05, 0.1) is 27.4 Å². The zero-order chi connectivity index (χ0) is 21.5. The second kappa shape index (κ2) is 11.9. The van der Waals surface area contributed by atoms with Crippen molar-refractivity contribution in [2.75, 3.05) is 27.4 Å². The number of halogens is 1. The molecule has 170 valence electrons. The van der Waals surface area contributed by atoms with E-state index in [1.807, 2.05) is 43.3 Å². The number of hydrogen-bond acceptors (Lipinski definition) is 6. The Bertz CT molecular complexity index is 846. The van der Waals surface area contributed by atoms with Crippen LogP contribution in [-0.2, 0) is 27.1 Å². The van der Waals surface area contributed by atoms with Crippen molar-refractivity contribution < 1.29 is 23.7 Å². The van der Waals surface area contributed by atoms with Gasteiger partial charge in [-0.25, -0.2) is 0 Å². The number of carbonyl (C=O) groups excluding carboxylic acids is 1. The highest BCUT2D eigenvalue weighted by atomic mass is 35.5. The Morgan fingerprint density at radius 1 is 0.968 bits per heavy atom. The van der Waals surface area contributed by atoms with E-state index in [0.717, 1.165) is 35.5 Å². The fraction of sp³-hybridized carbons (Fsp3) is 0.458. The number of ether oxygens (including phenoxy) is 4. The largest absolute Gasteiger partial charge is 0.497 e. The Balaban J connectivity index is 0.00000341. The minimum atomic E-state index is -0.763. The molecule has 0 unspecified atom stereocenters. The van der Waals surface area contributed by atoms with E-state index in [-0.39, 0.29) is 37.0 Å². The maximum Gasteiger partial charge on any atom is 0.325 e. The predicted molar refractivity (Wildman–Crippen MR) is 122 cm³/mol. The van der Waals surface area contributed by atoms with Gasteiger partial charge in [-0.15, -0.1) is 12.4 Å². The smallest absolute Gasteiger partial charge is 0.325 e. The van der Waals surface area contributed by atoms with Gasteiger partial charge in [0.25, 0.3) is 0 Å². The predicted octanol–water partition coefficient (Wildman–Crippen LogP) is 3.43. The second-order valence-electron chi connectivity index (χ2n) is 7.82. The van der Waals surface area contributed by atoms with E-state index in [0.29, 0.717) is 6.61 Å². The molecule has 2 aromatic rings. The number of benzene rings is 2. The minimum Gasteiger partial charge on any atom is -0.497 e. The summed E-state index contributed by atoms with van der Waals surface area (Å²) in [6.45, 7) is 2.60. The first-order valence-corrected chi connectivity index (χ1v) is 10.3. The van der Waals surface area contributed by atoms with Crippen LogP contribution in [0.25, 0.3) is 0 Å². The molecule has 0 aliphatic carbocycles. The van der Waals surface area contributed by atoms with Gasteiger partial charge < -0.3 is 24.7 Å². The molecule has 2 aromatic carbocycles. The fourth-order valence-corrected chi connectivity index (χ4v) is 4.00. The molecule has 1 heterocycles. The lowest BCUT2D eigenvalue weighted by Gasteiger charge is -2.31. The van der Waals surface area contributed by atoms with Crippen molar-refractivity contribution in [3.05, 3.63) is 59.7 Å². The van der Waals surface area contributed by atoms with Crippen molar-refractivity contribution in [3.8, 4) is 11.5 Å². The molecule has 0 saturated carbocycles. The normalized spacial score (nSPS) is 24.1. The summed E-state index contributed by atoms with van der Waals surface area (Å²) in [5.41, 5.74) is 8.20. The van der Waals surface area contributed by atoms with Crippen molar-refractivity contribution in [2.45, 2.75) is 31.9 Å². The lowest BCUT2D eigenvalue weighted by molar-refractivity contribution is -0.153. The van der Waals surface area contributed by atoms with E-state index in [4.69, 9.17) is 24.7 Å². The third-order valence-corrected chi connectivity index (χ3v) is 5.68. The second-order valence-corrected chi connectivity index (χ2v) is 7.82. The van der Waals surface area contributed by atoms with E-state index in [1.165, 1.54) is 0 Å². The summed E-state index contributed by atoms with van der Waals surface area (Å²) in [5, 5.41) is 0. The van der Waals surface area contributed by atoms with Gasteiger partial charge in [0.15, 0.2) is 0 Å². The monoisotopic (exact) mass is 449 g/mol. The summed E-state index contributed by atoms with van der Waals surface area (Å²) < 4.78 is 22.3. The number of hydrogen-bond donors (Lipinski definition) is 1. The van der Waals surface area contributed by atoms with Crippen molar-refractivity contribution in [1.29, 1.82) is 0 Å². The number of nitrogens with two attached hydrogens (primary N) is 1. The first kappa shape index (κ1) is 25.0. The third-order valence-electron chi connectivity index (χ3n) is 5.68.